The lowest BCUT2D eigenvalue weighted by atomic mass is 10.0. The van der Waals surface area contributed by atoms with E-state index in [0.717, 1.165) is 5.75 Å². The van der Waals surface area contributed by atoms with Crippen LogP contribution < -0.4 is 10.1 Å². The molecule has 0 saturated heterocycles. The van der Waals surface area contributed by atoms with Gasteiger partial charge in [0, 0.05) is 10.4 Å². The van der Waals surface area contributed by atoms with Crippen LogP contribution in [0.5, 0.6) is 5.75 Å². The van der Waals surface area contributed by atoms with Gasteiger partial charge in [-0.2, -0.15) is 0 Å². The average Bonchev–Trinajstić information content (AvgIpc) is 2.99. The first-order valence-corrected chi connectivity index (χ1v) is 8.07. The molecule has 1 heterocycles. The number of hydrogen-bond acceptors (Lipinski definition) is 3. The fraction of sp³-hybridized carbons (Fsp3) is 0.353. The molecule has 112 valence electrons. The van der Waals surface area contributed by atoms with E-state index in [1.54, 1.807) is 23.5 Å². The van der Waals surface area contributed by atoms with E-state index >= 15 is 0 Å². The summed E-state index contributed by atoms with van der Waals surface area (Å²) < 4.78 is 5.39. The highest BCUT2D eigenvalue weighted by atomic mass is 32.1. The van der Waals surface area contributed by atoms with Gasteiger partial charge in [-0.3, -0.25) is 4.79 Å². The number of amides is 1. The van der Waals surface area contributed by atoms with Gasteiger partial charge in [0.2, 0.25) is 0 Å². The van der Waals surface area contributed by atoms with E-state index in [-0.39, 0.29) is 11.9 Å². The molecule has 2 aromatic rings. The summed E-state index contributed by atoms with van der Waals surface area (Å²) in [5, 5.41) is 5.15. The zero-order chi connectivity index (χ0) is 15.2. The molecule has 0 spiro atoms. The van der Waals surface area contributed by atoms with Crippen molar-refractivity contribution in [1.29, 1.82) is 0 Å². The molecule has 2 rings (SSSR count). The summed E-state index contributed by atoms with van der Waals surface area (Å²) in [7, 11) is 0. The highest BCUT2D eigenvalue weighted by molar-refractivity contribution is 7.10. The standard InChI is InChI=1S/C17H21NO2S/c1-4-20-14-9-7-13(8-10-14)17(19)18-16(12(2)3)15-6-5-11-21-15/h5-12,16H,4H2,1-3H3,(H,18,19). The number of nitrogens with one attached hydrogen (secondary N) is 1. The molecular weight excluding hydrogens is 282 g/mol. The SMILES string of the molecule is CCOc1ccc(C(=O)NC(c2cccs2)C(C)C)cc1. The Bertz CT molecular complexity index is 561. The normalized spacial score (nSPS) is 12.2. The van der Waals surface area contributed by atoms with Crippen molar-refractivity contribution < 1.29 is 9.53 Å². The lowest BCUT2D eigenvalue weighted by molar-refractivity contribution is 0.0926. The maximum Gasteiger partial charge on any atom is 0.251 e. The Labute approximate surface area is 130 Å². The highest BCUT2D eigenvalue weighted by Gasteiger charge is 2.19. The molecule has 1 aromatic heterocycles. The van der Waals surface area contributed by atoms with Crippen LogP contribution in [0.15, 0.2) is 41.8 Å². The van der Waals surface area contributed by atoms with Crippen molar-refractivity contribution in [2.24, 2.45) is 5.92 Å². The number of thiophene rings is 1. The molecule has 1 amide bonds. The van der Waals surface area contributed by atoms with Gasteiger partial charge in [0.25, 0.3) is 5.91 Å². The molecule has 1 N–H and O–H groups in total. The van der Waals surface area contributed by atoms with Gasteiger partial charge in [0.15, 0.2) is 0 Å². The summed E-state index contributed by atoms with van der Waals surface area (Å²) in [5.41, 5.74) is 0.653. The maximum atomic E-state index is 12.4. The zero-order valence-corrected chi connectivity index (χ0v) is 13.4. The van der Waals surface area contributed by atoms with Crippen molar-refractivity contribution >= 4 is 17.2 Å². The van der Waals surface area contributed by atoms with E-state index in [0.29, 0.717) is 18.1 Å². The van der Waals surface area contributed by atoms with Crippen LogP contribution in [0.2, 0.25) is 0 Å². The minimum atomic E-state index is -0.0508. The molecule has 0 radical (unpaired) electrons. The van der Waals surface area contributed by atoms with Crippen LogP contribution in [0.1, 0.15) is 42.0 Å². The lowest BCUT2D eigenvalue weighted by Gasteiger charge is -2.21. The van der Waals surface area contributed by atoms with E-state index in [9.17, 15) is 4.79 Å². The lowest BCUT2D eigenvalue weighted by Crippen LogP contribution is -2.31. The fourth-order valence-electron chi connectivity index (χ4n) is 2.13. The van der Waals surface area contributed by atoms with Crippen LogP contribution >= 0.6 is 11.3 Å². The van der Waals surface area contributed by atoms with Crippen molar-refractivity contribution in [3.63, 3.8) is 0 Å². The third kappa shape index (κ3) is 4.08. The molecule has 0 aliphatic carbocycles. The number of benzene rings is 1. The number of rotatable bonds is 6. The van der Waals surface area contributed by atoms with E-state index in [2.05, 4.69) is 25.2 Å². The molecule has 21 heavy (non-hydrogen) atoms. The summed E-state index contributed by atoms with van der Waals surface area (Å²) in [4.78, 5) is 13.6. The molecule has 1 unspecified atom stereocenters. The van der Waals surface area contributed by atoms with Gasteiger partial charge in [-0.05, 0) is 48.6 Å². The van der Waals surface area contributed by atoms with Crippen molar-refractivity contribution in [3.8, 4) is 5.75 Å². The van der Waals surface area contributed by atoms with Gasteiger partial charge in [-0.15, -0.1) is 11.3 Å². The number of carbonyl (C=O) groups excluding carboxylic acids is 1. The number of ether oxygens (including phenoxy) is 1. The van der Waals surface area contributed by atoms with Crippen molar-refractivity contribution in [3.05, 3.63) is 52.2 Å². The second-order valence-electron chi connectivity index (χ2n) is 5.17. The van der Waals surface area contributed by atoms with Crippen molar-refractivity contribution in [2.45, 2.75) is 26.8 Å². The molecule has 0 bridgehead atoms. The fourth-order valence-corrected chi connectivity index (χ4v) is 3.08. The third-order valence-electron chi connectivity index (χ3n) is 3.23. The first-order valence-electron chi connectivity index (χ1n) is 7.19. The van der Waals surface area contributed by atoms with Crippen LogP contribution in [-0.4, -0.2) is 12.5 Å². The monoisotopic (exact) mass is 303 g/mol. The van der Waals surface area contributed by atoms with Gasteiger partial charge < -0.3 is 10.1 Å². The molecule has 0 saturated carbocycles. The predicted molar refractivity (Wildman–Crippen MR) is 87.0 cm³/mol. The number of carbonyl (C=O) groups is 1. The summed E-state index contributed by atoms with van der Waals surface area (Å²) >= 11 is 1.67. The van der Waals surface area contributed by atoms with Crippen LogP contribution in [-0.2, 0) is 0 Å². The highest BCUT2D eigenvalue weighted by Crippen LogP contribution is 2.26. The Morgan fingerprint density at radius 2 is 1.95 bits per heavy atom. The average molecular weight is 303 g/mol. The third-order valence-corrected chi connectivity index (χ3v) is 4.19. The van der Waals surface area contributed by atoms with Crippen LogP contribution in [0.3, 0.4) is 0 Å². The molecular formula is C17H21NO2S. The molecule has 1 atom stereocenters. The van der Waals surface area contributed by atoms with Crippen LogP contribution in [0, 0.1) is 5.92 Å². The molecule has 0 aliphatic heterocycles. The summed E-state index contributed by atoms with van der Waals surface area (Å²) in [6, 6.07) is 11.4. The van der Waals surface area contributed by atoms with Gasteiger partial charge >= 0.3 is 0 Å². The Morgan fingerprint density at radius 3 is 2.48 bits per heavy atom. The Hall–Kier alpha value is -1.81. The summed E-state index contributed by atoms with van der Waals surface area (Å²) in [6.07, 6.45) is 0. The van der Waals surface area contributed by atoms with Gasteiger partial charge in [0.1, 0.15) is 5.75 Å². The molecule has 3 nitrogen and oxygen atoms in total. The number of hydrogen-bond donors (Lipinski definition) is 1. The van der Waals surface area contributed by atoms with Gasteiger partial charge in [-0.25, -0.2) is 0 Å². The topological polar surface area (TPSA) is 38.3 Å². The Balaban J connectivity index is 2.08. The zero-order valence-electron chi connectivity index (χ0n) is 12.6. The van der Waals surface area contributed by atoms with E-state index in [4.69, 9.17) is 4.74 Å². The van der Waals surface area contributed by atoms with Crippen molar-refractivity contribution in [2.75, 3.05) is 6.61 Å². The van der Waals surface area contributed by atoms with Crippen LogP contribution in [0.25, 0.3) is 0 Å². The largest absolute Gasteiger partial charge is 0.494 e. The van der Waals surface area contributed by atoms with Gasteiger partial charge in [-0.1, -0.05) is 19.9 Å². The molecule has 0 aliphatic rings. The van der Waals surface area contributed by atoms with Crippen molar-refractivity contribution in [1.82, 2.24) is 5.32 Å². The second-order valence-corrected chi connectivity index (χ2v) is 6.15. The van der Waals surface area contributed by atoms with E-state index < -0.39 is 0 Å². The maximum absolute atomic E-state index is 12.4. The van der Waals surface area contributed by atoms with Gasteiger partial charge in [0.05, 0.1) is 12.6 Å². The van der Waals surface area contributed by atoms with Crippen LogP contribution in [0.4, 0.5) is 0 Å². The summed E-state index contributed by atoms with van der Waals surface area (Å²) in [6.45, 7) is 6.79. The molecule has 0 fully saturated rings. The molecule has 1 aromatic carbocycles. The minimum Gasteiger partial charge on any atom is -0.494 e. The van der Waals surface area contributed by atoms with E-state index in [1.165, 1.54) is 4.88 Å². The smallest absolute Gasteiger partial charge is 0.251 e. The Kier molecular flexibility index (Phi) is 5.39. The predicted octanol–water partition coefficient (Wildman–Crippen LogP) is 4.27. The summed E-state index contributed by atoms with van der Waals surface area (Å²) in [5.74, 6) is 1.08. The Morgan fingerprint density at radius 1 is 1.24 bits per heavy atom. The second kappa shape index (κ2) is 7.27. The first kappa shape index (κ1) is 15.6. The first-order chi connectivity index (χ1) is 10.1. The quantitative estimate of drug-likeness (QED) is 0.865. The van der Waals surface area contributed by atoms with E-state index in [1.807, 2.05) is 30.5 Å². The molecule has 4 heteroatoms. The minimum absolute atomic E-state index is 0.0454.